The van der Waals surface area contributed by atoms with Gasteiger partial charge in [-0.25, -0.2) is 4.39 Å². The molecule has 2 rings (SSSR count). The Morgan fingerprint density at radius 1 is 1.30 bits per heavy atom. The van der Waals surface area contributed by atoms with Gasteiger partial charge in [-0.3, -0.25) is 4.90 Å². The number of hydrogen-bond acceptors (Lipinski definition) is 2. The van der Waals surface area contributed by atoms with Gasteiger partial charge in [0.05, 0.1) is 4.47 Å². The zero-order chi connectivity index (χ0) is 13.8. The van der Waals surface area contributed by atoms with E-state index in [9.17, 15) is 4.39 Å². The highest BCUT2D eigenvalue weighted by Crippen LogP contribution is 2.30. The molecule has 1 heterocycles. The van der Waals surface area contributed by atoms with E-state index in [4.69, 9.17) is 0 Å². The molecule has 1 aromatic rings. The molecule has 0 bridgehead atoms. The Morgan fingerprint density at radius 2 is 1.95 bits per heavy atom. The lowest BCUT2D eigenvalue weighted by atomic mass is 9.95. The summed E-state index contributed by atoms with van der Waals surface area (Å²) in [5.74, 6) is 0.438. The van der Waals surface area contributed by atoms with E-state index in [0.717, 1.165) is 38.2 Å². The van der Waals surface area contributed by atoms with Crippen LogP contribution >= 0.6 is 28.3 Å². The molecule has 0 aliphatic carbocycles. The highest BCUT2D eigenvalue weighted by atomic mass is 79.9. The maximum Gasteiger partial charge on any atom is 0.137 e. The second kappa shape index (κ2) is 8.32. The molecule has 0 amide bonds. The molecule has 0 saturated carbocycles. The van der Waals surface area contributed by atoms with E-state index in [1.807, 2.05) is 12.1 Å². The monoisotopic (exact) mass is 364 g/mol. The van der Waals surface area contributed by atoms with Crippen molar-refractivity contribution in [3.63, 3.8) is 0 Å². The number of benzene rings is 1. The molecule has 0 unspecified atom stereocenters. The second-order valence-corrected chi connectivity index (χ2v) is 6.46. The van der Waals surface area contributed by atoms with Crippen molar-refractivity contribution in [1.82, 2.24) is 10.2 Å². The van der Waals surface area contributed by atoms with Crippen molar-refractivity contribution in [1.29, 1.82) is 0 Å². The zero-order valence-electron chi connectivity index (χ0n) is 12.0. The van der Waals surface area contributed by atoms with Gasteiger partial charge in [0.2, 0.25) is 0 Å². The van der Waals surface area contributed by atoms with Gasteiger partial charge >= 0.3 is 0 Å². The minimum absolute atomic E-state index is 0. The summed E-state index contributed by atoms with van der Waals surface area (Å²) in [4.78, 5) is 2.47. The van der Waals surface area contributed by atoms with Gasteiger partial charge in [-0.2, -0.15) is 0 Å². The van der Waals surface area contributed by atoms with Crippen LogP contribution < -0.4 is 5.32 Å². The molecule has 2 nitrogen and oxygen atoms in total. The van der Waals surface area contributed by atoms with Crippen molar-refractivity contribution < 1.29 is 4.39 Å². The van der Waals surface area contributed by atoms with E-state index >= 15 is 0 Å². The molecule has 1 aliphatic heterocycles. The van der Waals surface area contributed by atoms with E-state index in [0.29, 0.717) is 16.4 Å². The van der Waals surface area contributed by atoms with Gasteiger partial charge < -0.3 is 5.32 Å². The summed E-state index contributed by atoms with van der Waals surface area (Å²) in [6.45, 7) is 8.57. The third-order valence-electron chi connectivity index (χ3n) is 3.62. The van der Waals surface area contributed by atoms with E-state index < -0.39 is 0 Å². The molecule has 1 fully saturated rings. The van der Waals surface area contributed by atoms with Crippen LogP contribution in [-0.2, 0) is 0 Å². The first-order chi connectivity index (χ1) is 9.08. The number of nitrogens with one attached hydrogen (secondary N) is 1. The van der Waals surface area contributed by atoms with Crippen molar-refractivity contribution in [2.24, 2.45) is 5.92 Å². The van der Waals surface area contributed by atoms with Crippen molar-refractivity contribution in [3.05, 3.63) is 34.1 Å². The molecule has 1 aliphatic rings. The molecule has 0 radical (unpaired) electrons. The van der Waals surface area contributed by atoms with Gasteiger partial charge in [-0.15, -0.1) is 12.4 Å². The van der Waals surface area contributed by atoms with Crippen molar-refractivity contribution in [2.45, 2.75) is 26.3 Å². The summed E-state index contributed by atoms with van der Waals surface area (Å²) in [6, 6.07) is 5.87. The fourth-order valence-electron chi connectivity index (χ4n) is 2.66. The third-order valence-corrected chi connectivity index (χ3v) is 4.26. The van der Waals surface area contributed by atoms with Crippen LogP contribution in [0.25, 0.3) is 0 Å². The normalized spacial score (nSPS) is 17.9. The Bertz CT molecular complexity index is 422. The van der Waals surface area contributed by atoms with Crippen molar-refractivity contribution in [2.75, 3.05) is 26.2 Å². The molecular weight excluding hydrogens is 343 g/mol. The minimum atomic E-state index is -0.165. The van der Waals surface area contributed by atoms with Crippen molar-refractivity contribution >= 4 is 28.3 Å². The Morgan fingerprint density at radius 3 is 2.50 bits per heavy atom. The molecule has 0 aromatic heterocycles. The molecule has 1 saturated heterocycles. The summed E-state index contributed by atoms with van der Waals surface area (Å²) < 4.78 is 14.3. The highest BCUT2D eigenvalue weighted by Gasteiger charge is 2.23. The Hall–Kier alpha value is -0.160. The average Bonchev–Trinajstić information content (AvgIpc) is 2.40. The SMILES string of the molecule is CC(C)C[C@H](c1ccc(Br)c(F)c1)N1CCNCC1.Cl. The lowest BCUT2D eigenvalue weighted by Gasteiger charge is -2.36. The number of hydrogen-bond donors (Lipinski definition) is 1. The Kier molecular flexibility index (Phi) is 7.45. The van der Waals surface area contributed by atoms with Gasteiger partial charge in [0.25, 0.3) is 0 Å². The molecule has 1 atom stereocenters. The number of halogens is 3. The van der Waals surface area contributed by atoms with Gasteiger partial charge in [-0.05, 0) is 46.0 Å². The average molecular weight is 366 g/mol. The van der Waals surface area contributed by atoms with Crippen LogP contribution in [0.2, 0.25) is 0 Å². The minimum Gasteiger partial charge on any atom is -0.314 e. The van der Waals surface area contributed by atoms with Crippen LogP contribution in [0.5, 0.6) is 0 Å². The summed E-state index contributed by atoms with van der Waals surface area (Å²) in [6.07, 6.45) is 1.07. The van der Waals surface area contributed by atoms with E-state index in [-0.39, 0.29) is 18.2 Å². The van der Waals surface area contributed by atoms with Crippen LogP contribution in [-0.4, -0.2) is 31.1 Å². The highest BCUT2D eigenvalue weighted by molar-refractivity contribution is 9.10. The lowest BCUT2D eigenvalue weighted by Crippen LogP contribution is -2.45. The Balaban J connectivity index is 0.00000200. The second-order valence-electron chi connectivity index (χ2n) is 5.60. The molecule has 20 heavy (non-hydrogen) atoms. The van der Waals surface area contributed by atoms with Crippen LogP contribution in [0, 0.1) is 11.7 Å². The standard InChI is InChI=1S/C15H22BrFN2.ClH/c1-11(2)9-15(19-7-5-18-6-8-19)12-3-4-13(16)14(17)10-12;/h3-4,10-11,15,18H,5-9H2,1-2H3;1H/t15-;/m1./s1. The molecular formula is C15H23BrClFN2. The largest absolute Gasteiger partial charge is 0.314 e. The molecule has 5 heteroatoms. The first-order valence-electron chi connectivity index (χ1n) is 6.97. The quantitative estimate of drug-likeness (QED) is 0.867. The number of rotatable bonds is 4. The summed E-state index contributed by atoms with van der Waals surface area (Å²) >= 11 is 3.23. The van der Waals surface area contributed by atoms with Crippen molar-refractivity contribution in [3.8, 4) is 0 Å². The van der Waals surface area contributed by atoms with Gasteiger partial charge in [-0.1, -0.05) is 19.9 Å². The lowest BCUT2D eigenvalue weighted by molar-refractivity contribution is 0.154. The molecule has 1 N–H and O–H groups in total. The van der Waals surface area contributed by atoms with Gasteiger partial charge in [0, 0.05) is 32.2 Å². The van der Waals surface area contributed by atoms with Gasteiger partial charge in [0.1, 0.15) is 5.82 Å². The Labute approximate surface area is 135 Å². The number of piperazine rings is 1. The number of nitrogens with zero attached hydrogens (tertiary/aromatic N) is 1. The summed E-state index contributed by atoms with van der Waals surface area (Å²) in [5.41, 5.74) is 1.09. The van der Waals surface area contributed by atoms with Gasteiger partial charge in [0.15, 0.2) is 0 Å². The summed E-state index contributed by atoms with van der Waals surface area (Å²) in [5, 5.41) is 3.37. The fourth-order valence-corrected chi connectivity index (χ4v) is 2.90. The topological polar surface area (TPSA) is 15.3 Å². The van der Waals surface area contributed by atoms with Crippen LogP contribution in [0.4, 0.5) is 4.39 Å². The first-order valence-corrected chi connectivity index (χ1v) is 7.77. The van der Waals surface area contributed by atoms with E-state index in [2.05, 4.69) is 40.0 Å². The smallest absolute Gasteiger partial charge is 0.137 e. The summed E-state index contributed by atoms with van der Waals surface area (Å²) in [7, 11) is 0. The van der Waals surface area contributed by atoms with E-state index in [1.54, 1.807) is 6.07 Å². The maximum atomic E-state index is 13.8. The zero-order valence-corrected chi connectivity index (χ0v) is 14.4. The molecule has 0 spiro atoms. The molecule has 114 valence electrons. The van der Waals surface area contributed by atoms with Crippen LogP contribution in [0.15, 0.2) is 22.7 Å². The molecule has 1 aromatic carbocycles. The van der Waals surface area contributed by atoms with E-state index in [1.165, 1.54) is 0 Å². The van der Waals surface area contributed by atoms with Crippen LogP contribution in [0.3, 0.4) is 0 Å². The first kappa shape index (κ1) is 17.9. The fraction of sp³-hybridized carbons (Fsp3) is 0.600. The van der Waals surface area contributed by atoms with Crippen LogP contribution in [0.1, 0.15) is 31.9 Å². The predicted molar refractivity (Wildman–Crippen MR) is 88.0 cm³/mol. The maximum absolute atomic E-state index is 13.8. The predicted octanol–water partition coefficient (Wildman–Crippen LogP) is 4.00. The third kappa shape index (κ3) is 4.69.